The Morgan fingerprint density at radius 1 is 1.31 bits per heavy atom. The highest BCUT2D eigenvalue weighted by Gasteiger charge is 2.30. The average molecular weight is 402 g/mol. The third kappa shape index (κ3) is 5.47. The third-order valence-corrected chi connectivity index (χ3v) is 6.21. The van der Waals surface area contributed by atoms with Gasteiger partial charge in [-0.25, -0.2) is 0 Å². The molecule has 1 heterocycles. The van der Waals surface area contributed by atoms with Crippen molar-refractivity contribution in [1.29, 1.82) is 5.26 Å². The summed E-state index contributed by atoms with van der Waals surface area (Å²) in [6.45, 7) is 9.36. The molecule has 0 unspecified atom stereocenters. The zero-order chi connectivity index (χ0) is 21.7. The number of aromatic nitrogens is 1. The molecule has 1 aromatic heterocycles. The summed E-state index contributed by atoms with van der Waals surface area (Å²) < 4.78 is 5.31. The van der Waals surface area contributed by atoms with E-state index in [0.717, 1.165) is 18.4 Å². The summed E-state index contributed by atoms with van der Waals surface area (Å²) in [5, 5.41) is 12.2. The van der Waals surface area contributed by atoms with Gasteiger partial charge >= 0.3 is 5.97 Å². The van der Waals surface area contributed by atoms with Gasteiger partial charge in [-0.3, -0.25) is 14.4 Å². The molecule has 1 fully saturated rings. The molecule has 4 atom stereocenters. The van der Waals surface area contributed by atoms with E-state index in [-0.39, 0.29) is 23.9 Å². The van der Waals surface area contributed by atoms with Crippen molar-refractivity contribution in [2.24, 2.45) is 11.8 Å². The summed E-state index contributed by atoms with van der Waals surface area (Å²) in [6.07, 6.45) is 2.74. The van der Waals surface area contributed by atoms with Crippen LogP contribution in [0.25, 0.3) is 0 Å². The molecule has 0 aromatic carbocycles. The fraction of sp³-hybridized carbons (Fsp3) is 0.636. The number of hydrogen-bond donors (Lipinski definition) is 2. The van der Waals surface area contributed by atoms with Gasteiger partial charge in [0.15, 0.2) is 6.10 Å². The van der Waals surface area contributed by atoms with Crippen LogP contribution in [-0.4, -0.2) is 29.0 Å². The monoisotopic (exact) mass is 401 g/mol. The molecule has 1 aromatic rings. The molecule has 1 aliphatic carbocycles. The van der Waals surface area contributed by atoms with Gasteiger partial charge in [0.25, 0.3) is 11.5 Å². The Bertz CT molecular complexity index is 868. The van der Waals surface area contributed by atoms with Crippen molar-refractivity contribution >= 4 is 11.9 Å². The van der Waals surface area contributed by atoms with E-state index in [1.54, 1.807) is 20.8 Å². The first kappa shape index (κ1) is 22.7. The van der Waals surface area contributed by atoms with Gasteiger partial charge in [0.2, 0.25) is 0 Å². The standard InChI is InChI=1S/C22H31N3O4/c1-12-7-6-8-19(13(12)2)25-21(27)16(5)29-20(26)10-9-17-14(3)18(11-23)22(28)24-15(17)4/h12-13,16,19H,6-10H2,1-5H3,(H,24,28)(H,25,27)/t12-,13-,16-,19-/m0/s1. The molecule has 2 N–H and O–H groups in total. The number of pyridine rings is 1. The van der Waals surface area contributed by atoms with Crippen LogP contribution in [0.5, 0.6) is 0 Å². The maximum absolute atomic E-state index is 12.4. The Morgan fingerprint density at radius 2 is 2.00 bits per heavy atom. The van der Waals surface area contributed by atoms with E-state index in [1.165, 1.54) is 6.42 Å². The summed E-state index contributed by atoms with van der Waals surface area (Å²) in [5.74, 6) is 0.207. The largest absolute Gasteiger partial charge is 0.453 e. The number of amides is 1. The number of carbonyl (C=O) groups excluding carboxylic acids is 2. The van der Waals surface area contributed by atoms with Gasteiger partial charge in [-0.15, -0.1) is 0 Å². The molecule has 2 rings (SSSR count). The highest BCUT2D eigenvalue weighted by atomic mass is 16.5. The summed E-state index contributed by atoms with van der Waals surface area (Å²) >= 11 is 0. The number of rotatable bonds is 6. The minimum Gasteiger partial charge on any atom is -0.453 e. The highest BCUT2D eigenvalue weighted by molar-refractivity contribution is 5.83. The fourth-order valence-corrected chi connectivity index (χ4v) is 4.04. The molecule has 29 heavy (non-hydrogen) atoms. The number of carbonyl (C=O) groups is 2. The predicted octanol–water partition coefficient (Wildman–Crippen LogP) is 2.67. The van der Waals surface area contributed by atoms with Crippen molar-refractivity contribution in [2.45, 2.75) is 78.9 Å². The van der Waals surface area contributed by atoms with Crippen LogP contribution in [0, 0.1) is 37.0 Å². The number of nitriles is 1. The quantitative estimate of drug-likeness (QED) is 0.712. The van der Waals surface area contributed by atoms with E-state index in [4.69, 9.17) is 10.00 Å². The van der Waals surface area contributed by atoms with E-state index < -0.39 is 17.6 Å². The van der Waals surface area contributed by atoms with E-state index >= 15 is 0 Å². The Labute approximate surface area is 171 Å². The van der Waals surface area contributed by atoms with Crippen molar-refractivity contribution in [2.75, 3.05) is 0 Å². The molecular formula is C22H31N3O4. The zero-order valence-electron chi connectivity index (χ0n) is 17.9. The molecule has 158 valence electrons. The van der Waals surface area contributed by atoms with Crippen molar-refractivity contribution < 1.29 is 14.3 Å². The van der Waals surface area contributed by atoms with Crippen LogP contribution in [0.15, 0.2) is 4.79 Å². The maximum Gasteiger partial charge on any atom is 0.306 e. The van der Waals surface area contributed by atoms with Crippen LogP contribution >= 0.6 is 0 Å². The number of H-pyrrole nitrogens is 1. The molecule has 1 aliphatic rings. The van der Waals surface area contributed by atoms with Crippen LogP contribution in [0.4, 0.5) is 0 Å². The Hall–Kier alpha value is -2.62. The summed E-state index contributed by atoms with van der Waals surface area (Å²) in [7, 11) is 0. The lowest BCUT2D eigenvalue weighted by Gasteiger charge is -2.35. The van der Waals surface area contributed by atoms with Crippen LogP contribution in [0.2, 0.25) is 0 Å². The molecular weight excluding hydrogens is 370 g/mol. The number of nitrogens with zero attached hydrogens (tertiary/aromatic N) is 1. The van der Waals surface area contributed by atoms with Gasteiger partial charge in [-0.2, -0.15) is 5.26 Å². The van der Waals surface area contributed by atoms with Crippen LogP contribution in [0.1, 0.15) is 68.8 Å². The highest BCUT2D eigenvalue weighted by Crippen LogP contribution is 2.29. The second kappa shape index (κ2) is 9.73. The third-order valence-electron chi connectivity index (χ3n) is 6.21. The Morgan fingerprint density at radius 3 is 2.66 bits per heavy atom. The second-order valence-corrected chi connectivity index (χ2v) is 8.18. The second-order valence-electron chi connectivity index (χ2n) is 8.18. The van der Waals surface area contributed by atoms with E-state index in [2.05, 4.69) is 24.1 Å². The lowest BCUT2D eigenvalue weighted by atomic mass is 9.78. The molecule has 7 heteroatoms. The van der Waals surface area contributed by atoms with Gasteiger partial charge in [-0.05, 0) is 56.6 Å². The Kier molecular flexibility index (Phi) is 7.60. The maximum atomic E-state index is 12.4. The minimum atomic E-state index is -0.862. The summed E-state index contributed by atoms with van der Waals surface area (Å²) in [5.41, 5.74) is 1.59. The van der Waals surface area contributed by atoms with E-state index in [9.17, 15) is 14.4 Å². The van der Waals surface area contributed by atoms with Gasteiger partial charge in [-0.1, -0.05) is 26.7 Å². The fourth-order valence-electron chi connectivity index (χ4n) is 4.04. The van der Waals surface area contributed by atoms with Crippen molar-refractivity contribution in [3.63, 3.8) is 0 Å². The van der Waals surface area contributed by atoms with Crippen LogP contribution in [0.3, 0.4) is 0 Å². The number of aryl methyl sites for hydroxylation is 1. The first-order chi connectivity index (χ1) is 13.6. The van der Waals surface area contributed by atoms with Gasteiger partial charge < -0.3 is 15.0 Å². The number of aromatic amines is 1. The summed E-state index contributed by atoms with van der Waals surface area (Å²) in [6, 6.07) is 2.01. The normalized spacial score (nSPS) is 22.4. The SMILES string of the molecule is Cc1[nH]c(=O)c(C#N)c(C)c1CCC(=O)O[C@@H](C)C(=O)N[C@H]1CCC[C@H](C)[C@@H]1C. The molecule has 0 radical (unpaired) electrons. The first-order valence-corrected chi connectivity index (χ1v) is 10.3. The van der Waals surface area contributed by atoms with Crippen LogP contribution < -0.4 is 10.9 Å². The van der Waals surface area contributed by atoms with Gasteiger partial charge in [0.05, 0.1) is 0 Å². The topological polar surface area (TPSA) is 112 Å². The molecule has 0 saturated heterocycles. The van der Waals surface area contributed by atoms with Gasteiger partial charge in [0, 0.05) is 18.2 Å². The lowest BCUT2D eigenvalue weighted by molar-refractivity contribution is -0.155. The van der Waals surface area contributed by atoms with Crippen molar-refractivity contribution in [3.8, 4) is 6.07 Å². The van der Waals surface area contributed by atoms with Crippen molar-refractivity contribution in [3.05, 3.63) is 32.7 Å². The molecule has 1 saturated carbocycles. The molecule has 1 amide bonds. The molecule has 7 nitrogen and oxygen atoms in total. The number of nitrogens with one attached hydrogen (secondary N) is 2. The lowest BCUT2D eigenvalue weighted by Crippen LogP contribution is -2.47. The molecule has 0 aliphatic heterocycles. The predicted molar refractivity (Wildman–Crippen MR) is 109 cm³/mol. The Balaban J connectivity index is 1.92. The molecule has 0 bridgehead atoms. The number of esters is 1. The van der Waals surface area contributed by atoms with E-state index in [0.29, 0.717) is 29.5 Å². The van der Waals surface area contributed by atoms with Gasteiger partial charge in [0.1, 0.15) is 11.6 Å². The average Bonchev–Trinajstić information content (AvgIpc) is 2.65. The summed E-state index contributed by atoms with van der Waals surface area (Å²) in [4.78, 5) is 39.1. The number of hydrogen-bond acceptors (Lipinski definition) is 5. The number of ether oxygens (including phenoxy) is 1. The van der Waals surface area contributed by atoms with Crippen molar-refractivity contribution in [1.82, 2.24) is 10.3 Å². The zero-order valence-corrected chi connectivity index (χ0v) is 17.9. The van der Waals surface area contributed by atoms with E-state index in [1.807, 2.05) is 6.07 Å². The molecule has 0 spiro atoms. The van der Waals surface area contributed by atoms with Crippen LogP contribution in [-0.2, 0) is 20.7 Å². The minimum absolute atomic E-state index is 0.0579. The first-order valence-electron chi connectivity index (χ1n) is 10.3. The smallest absolute Gasteiger partial charge is 0.306 e.